The zero-order valence-electron chi connectivity index (χ0n) is 20.0. The number of fused-ring (bicyclic) bond motifs is 1. The highest BCUT2D eigenvalue weighted by Gasteiger charge is 2.66. The average molecular weight is 415 g/mol. The fraction of sp³-hybridized carbons (Fsp3) is 0.923. The molecule has 4 bridgehead atoms. The number of nitrogens with zero attached hydrogens (tertiary/aromatic N) is 1. The van der Waals surface area contributed by atoms with Crippen LogP contribution in [0.4, 0.5) is 0 Å². The predicted molar refractivity (Wildman–Crippen MR) is 119 cm³/mol. The normalized spacial score (nSPS) is 44.0. The van der Waals surface area contributed by atoms with Gasteiger partial charge in [0.15, 0.2) is 0 Å². The minimum Gasteiger partial charge on any atom is -0.344 e. The summed E-state index contributed by atoms with van der Waals surface area (Å²) in [6, 6.07) is -0.149. The molecule has 1 aliphatic heterocycles. The van der Waals surface area contributed by atoms with Crippen LogP contribution in [0.5, 0.6) is 0 Å². The van der Waals surface area contributed by atoms with Crippen molar-refractivity contribution in [2.24, 2.45) is 45.8 Å². The second kappa shape index (κ2) is 6.48. The summed E-state index contributed by atoms with van der Waals surface area (Å²) in [6.45, 7) is 14.0. The van der Waals surface area contributed by atoms with Gasteiger partial charge in [0.2, 0.25) is 11.8 Å². The zero-order chi connectivity index (χ0) is 21.6. The van der Waals surface area contributed by atoms with Gasteiger partial charge in [0.1, 0.15) is 6.04 Å². The molecule has 1 heterocycles. The van der Waals surface area contributed by atoms with E-state index in [1.165, 1.54) is 38.5 Å². The topological polar surface area (TPSA) is 49.4 Å². The first-order chi connectivity index (χ1) is 13.9. The lowest BCUT2D eigenvalue weighted by Gasteiger charge is -2.56. The lowest BCUT2D eigenvalue weighted by molar-refractivity contribution is -0.143. The van der Waals surface area contributed by atoms with Crippen LogP contribution in [0.2, 0.25) is 0 Å². The number of carbonyl (C=O) groups is 2. The number of nitrogens with one attached hydrogen (secondary N) is 1. The summed E-state index contributed by atoms with van der Waals surface area (Å²) < 4.78 is 0. The fourth-order valence-electron chi connectivity index (χ4n) is 8.83. The second-order valence-corrected chi connectivity index (χ2v) is 13.6. The quantitative estimate of drug-likeness (QED) is 0.729. The smallest absolute Gasteiger partial charge is 0.245 e. The zero-order valence-corrected chi connectivity index (χ0v) is 20.0. The molecular weight excluding hydrogens is 372 g/mol. The number of amides is 2. The predicted octanol–water partition coefficient (Wildman–Crippen LogP) is 4.63. The first kappa shape index (κ1) is 20.8. The van der Waals surface area contributed by atoms with E-state index in [1.54, 1.807) is 0 Å². The van der Waals surface area contributed by atoms with E-state index in [0.29, 0.717) is 23.7 Å². The highest BCUT2D eigenvalue weighted by Crippen LogP contribution is 2.65. The summed E-state index contributed by atoms with van der Waals surface area (Å²) in [5.41, 5.74) is 0.308. The van der Waals surface area contributed by atoms with Crippen molar-refractivity contribution in [2.75, 3.05) is 6.54 Å². The Labute approximate surface area is 182 Å². The number of piperidine rings is 1. The Balaban J connectivity index is 1.27. The van der Waals surface area contributed by atoms with Crippen LogP contribution in [0, 0.1) is 45.8 Å². The summed E-state index contributed by atoms with van der Waals surface area (Å²) in [5.74, 6) is 4.04. The van der Waals surface area contributed by atoms with E-state index < -0.39 is 6.04 Å². The fourth-order valence-corrected chi connectivity index (χ4v) is 8.83. The average Bonchev–Trinajstić information content (AvgIpc) is 2.93. The van der Waals surface area contributed by atoms with Crippen LogP contribution >= 0.6 is 0 Å². The molecule has 1 saturated heterocycles. The summed E-state index contributed by atoms with van der Waals surface area (Å²) in [4.78, 5) is 28.9. The first-order valence-electron chi connectivity index (χ1n) is 12.5. The van der Waals surface area contributed by atoms with E-state index in [-0.39, 0.29) is 28.7 Å². The van der Waals surface area contributed by atoms with Crippen molar-refractivity contribution >= 4 is 11.8 Å². The van der Waals surface area contributed by atoms with Crippen LogP contribution in [0.3, 0.4) is 0 Å². The van der Waals surface area contributed by atoms with Gasteiger partial charge in [-0.1, -0.05) is 34.6 Å². The number of carbonyl (C=O) groups excluding carboxylic acids is 2. The Morgan fingerprint density at radius 1 is 1.03 bits per heavy atom. The van der Waals surface area contributed by atoms with Crippen molar-refractivity contribution in [1.82, 2.24) is 10.2 Å². The van der Waals surface area contributed by atoms with Crippen LogP contribution in [0.25, 0.3) is 0 Å². The van der Waals surface area contributed by atoms with Crippen LogP contribution < -0.4 is 5.32 Å². The van der Waals surface area contributed by atoms with E-state index in [0.717, 1.165) is 24.3 Å². The third kappa shape index (κ3) is 3.23. The maximum Gasteiger partial charge on any atom is 0.245 e. The minimum absolute atomic E-state index is 0.113. The van der Waals surface area contributed by atoms with E-state index in [2.05, 4.69) is 51.8 Å². The highest BCUT2D eigenvalue weighted by atomic mass is 16.2. The number of rotatable bonds is 4. The van der Waals surface area contributed by atoms with Gasteiger partial charge in [0.05, 0.1) is 0 Å². The maximum absolute atomic E-state index is 13.6. The Hall–Kier alpha value is -1.06. The van der Waals surface area contributed by atoms with Gasteiger partial charge in [-0.25, -0.2) is 0 Å². The van der Waals surface area contributed by atoms with Crippen molar-refractivity contribution in [1.29, 1.82) is 0 Å². The Kier molecular flexibility index (Phi) is 4.50. The molecule has 5 saturated carbocycles. The highest BCUT2D eigenvalue weighted by molar-refractivity contribution is 5.89. The third-order valence-corrected chi connectivity index (χ3v) is 9.95. The van der Waals surface area contributed by atoms with Gasteiger partial charge in [0, 0.05) is 19.0 Å². The van der Waals surface area contributed by atoms with Crippen LogP contribution in [-0.4, -0.2) is 35.3 Å². The third-order valence-electron chi connectivity index (χ3n) is 9.95. The van der Waals surface area contributed by atoms with E-state index in [1.807, 2.05) is 0 Å². The SMILES string of the molecule is C[C@@H]1[C@@H]2[C@H](CN1C(=O)[C@@H](NC(=O)CC13CC4CC(CC(C4)C1)C3)C(C)(C)C)C2(C)C. The van der Waals surface area contributed by atoms with Crippen LogP contribution in [0.1, 0.15) is 86.5 Å². The van der Waals surface area contributed by atoms with Gasteiger partial charge in [-0.15, -0.1) is 0 Å². The molecule has 6 rings (SSSR count). The summed E-state index contributed by atoms with van der Waals surface area (Å²) in [7, 11) is 0. The molecule has 0 unspecified atom stereocenters. The Morgan fingerprint density at radius 2 is 1.57 bits per heavy atom. The molecule has 0 spiro atoms. The van der Waals surface area contributed by atoms with Crippen LogP contribution in [-0.2, 0) is 9.59 Å². The van der Waals surface area contributed by atoms with Crippen molar-refractivity contribution < 1.29 is 9.59 Å². The van der Waals surface area contributed by atoms with Gasteiger partial charge in [0.25, 0.3) is 0 Å². The molecule has 168 valence electrons. The minimum atomic E-state index is -0.429. The molecule has 4 nitrogen and oxygen atoms in total. The van der Waals surface area contributed by atoms with E-state index in [4.69, 9.17) is 0 Å². The van der Waals surface area contributed by atoms with Crippen LogP contribution in [0.15, 0.2) is 0 Å². The maximum atomic E-state index is 13.6. The molecule has 1 N–H and O–H groups in total. The lowest BCUT2D eigenvalue weighted by atomic mass is 9.49. The molecule has 0 aromatic rings. The number of hydrogen-bond acceptors (Lipinski definition) is 2. The molecule has 0 aromatic carbocycles. The molecule has 6 aliphatic rings. The molecule has 4 atom stereocenters. The van der Waals surface area contributed by atoms with Gasteiger partial charge in [-0.2, -0.15) is 0 Å². The first-order valence-corrected chi connectivity index (χ1v) is 12.5. The Bertz CT molecular complexity index is 713. The van der Waals surface area contributed by atoms with Gasteiger partial charge in [-0.3, -0.25) is 9.59 Å². The van der Waals surface area contributed by atoms with Crippen molar-refractivity contribution in [2.45, 2.75) is 98.6 Å². The molecule has 0 radical (unpaired) electrons. The van der Waals surface area contributed by atoms with Gasteiger partial charge >= 0.3 is 0 Å². The number of hydrogen-bond donors (Lipinski definition) is 1. The van der Waals surface area contributed by atoms with Crippen molar-refractivity contribution in [3.63, 3.8) is 0 Å². The second-order valence-electron chi connectivity index (χ2n) is 13.6. The summed E-state index contributed by atoms with van der Waals surface area (Å²) in [5, 5.41) is 3.25. The molecule has 30 heavy (non-hydrogen) atoms. The van der Waals surface area contributed by atoms with Crippen molar-refractivity contribution in [3.8, 4) is 0 Å². The molecular formula is C26H42N2O2. The standard InChI is InChI=1S/C26H42N2O2/c1-15-21-19(25(21,5)6)14-28(15)23(30)22(24(2,3)4)27-20(29)13-26-10-16-7-17(11-26)9-18(8-16)12-26/h15-19,21-22H,7-14H2,1-6H3,(H,27,29)/t15-,16?,17?,18?,19+,21-,22-,26?/m1/s1. The monoisotopic (exact) mass is 414 g/mol. The Morgan fingerprint density at radius 3 is 2.00 bits per heavy atom. The number of likely N-dealkylation sites (tertiary alicyclic amines) is 1. The lowest BCUT2D eigenvalue weighted by Crippen LogP contribution is -2.57. The molecule has 4 heteroatoms. The molecule has 0 aromatic heterocycles. The van der Waals surface area contributed by atoms with Crippen molar-refractivity contribution in [3.05, 3.63) is 0 Å². The van der Waals surface area contributed by atoms with Gasteiger partial charge < -0.3 is 10.2 Å². The summed E-state index contributed by atoms with van der Waals surface area (Å²) >= 11 is 0. The van der Waals surface area contributed by atoms with Gasteiger partial charge in [-0.05, 0) is 91.3 Å². The molecule has 6 fully saturated rings. The van der Waals surface area contributed by atoms with E-state index >= 15 is 0 Å². The van der Waals surface area contributed by atoms with E-state index in [9.17, 15) is 9.59 Å². The molecule has 5 aliphatic carbocycles. The molecule has 2 amide bonds. The summed E-state index contributed by atoms with van der Waals surface area (Å²) in [6.07, 6.45) is 8.54. The largest absolute Gasteiger partial charge is 0.344 e.